The van der Waals surface area contributed by atoms with Crippen molar-refractivity contribution in [1.82, 2.24) is 0 Å². The minimum atomic E-state index is -5.08. The second-order valence-corrected chi connectivity index (χ2v) is 5.79. The highest BCUT2D eigenvalue weighted by atomic mass is 35.5. The number of carbonyl (C=O) groups excluding carboxylic acids is 1. The van der Waals surface area contributed by atoms with E-state index in [-0.39, 0.29) is 9.92 Å². The molecule has 0 spiro atoms. The van der Waals surface area contributed by atoms with E-state index in [4.69, 9.17) is 11.6 Å². The van der Waals surface area contributed by atoms with E-state index in [2.05, 4.69) is 0 Å². The van der Waals surface area contributed by atoms with E-state index in [1.165, 1.54) is 5.32 Å². The molecule has 0 unspecified atom stereocenters. The molecule has 4 nitrogen and oxygen atoms in total. The molecule has 18 heavy (non-hydrogen) atoms. The minimum Gasteiger partial charge on any atom is -0.317 e. The van der Waals surface area contributed by atoms with Gasteiger partial charge in [0.15, 0.2) is 9.84 Å². The summed E-state index contributed by atoms with van der Waals surface area (Å²) in [4.78, 5) is 10.5. The molecule has 0 heterocycles. The number of nitrogens with one attached hydrogen (secondary N) is 1. The summed E-state index contributed by atoms with van der Waals surface area (Å²) in [6.45, 7) is 0. The molecular weight excluding hydrogens is 295 g/mol. The normalized spacial score (nSPS) is 12.3. The zero-order valence-corrected chi connectivity index (χ0v) is 10.4. The van der Waals surface area contributed by atoms with Crippen LogP contribution in [0.2, 0.25) is 5.02 Å². The summed E-state index contributed by atoms with van der Waals surface area (Å²) in [7, 11) is -3.60. The number of hydrogen-bond donors (Lipinski definition) is 1. The molecule has 1 rings (SSSR count). The van der Waals surface area contributed by atoms with Crippen molar-refractivity contribution in [3.8, 4) is 0 Å². The van der Waals surface area contributed by atoms with Crippen LogP contribution in [0.4, 0.5) is 18.9 Å². The Kier molecular flexibility index (Phi) is 3.92. The van der Waals surface area contributed by atoms with Gasteiger partial charge in [0.05, 0.1) is 15.6 Å². The molecule has 0 radical (unpaired) electrons. The van der Waals surface area contributed by atoms with Crippen LogP contribution in [0.5, 0.6) is 0 Å². The lowest BCUT2D eigenvalue weighted by atomic mass is 10.3. The molecule has 100 valence electrons. The number of benzene rings is 1. The summed E-state index contributed by atoms with van der Waals surface area (Å²) < 4.78 is 58.5. The van der Waals surface area contributed by atoms with Crippen LogP contribution < -0.4 is 5.32 Å². The monoisotopic (exact) mass is 301 g/mol. The third-order valence-corrected chi connectivity index (χ3v) is 3.31. The van der Waals surface area contributed by atoms with Gasteiger partial charge in [-0.15, -0.1) is 0 Å². The second-order valence-electron chi connectivity index (χ2n) is 3.37. The molecule has 0 fully saturated rings. The van der Waals surface area contributed by atoms with Gasteiger partial charge >= 0.3 is 12.1 Å². The third kappa shape index (κ3) is 3.61. The van der Waals surface area contributed by atoms with E-state index in [9.17, 15) is 26.4 Å². The Balaban J connectivity index is 3.14. The van der Waals surface area contributed by atoms with Crippen molar-refractivity contribution in [2.45, 2.75) is 11.1 Å². The Labute approximate surface area is 106 Å². The van der Waals surface area contributed by atoms with Gasteiger partial charge in [0.1, 0.15) is 0 Å². The lowest BCUT2D eigenvalue weighted by molar-refractivity contribution is -0.167. The smallest absolute Gasteiger partial charge is 0.317 e. The first-order chi connectivity index (χ1) is 8.01. The molecule has 0 saturated carbocycles. The number of carbonyl (C=O) groups is 1. The summed E-state index contributed by atoms with van der Waals surface area (Å²) in [5.74, 6) is -2.23. The number of anilines is 1. The highest BCUT2D eigenvalue weighted by Crippen LogP contribution is 2.27. The maximum atomic E-state index is 12.0. The molecule has 1 amide bonds. The number of hydrogen-bond acceptors (Lipinski definition) is 3. The highest BCUT2D eigenvalue weighted by molar-refractivity contribution is 7.90. The Morgan fingerprint density at radius 3 is 2.33 bits per heavy atom. The van der Waals surface area contributed by atoms with Crippen molar-refractivity contribution in [3.63, 3.8) is 0 Å². The van der Waals surface area contributed by atoms with Crippen molar-refractivity contribution in [2.24, 2.45) is 0 Å². The van der Waals surface area contributed by atoms with E-state index in [1.807, 2.05) is 0 Å². The average molecular weight is 302 g/mol. The molecule has 0 atom stereocenters. The van der Waals surface area contributed by atoms with E-state index in [0.29, 0.717) is 0 Å². The standard InChI is InChI=1S/C9H7ClF3NO3S/c1-18(16,17)5-2-3-6(10)7(4-5)14-8(15)9(11,12)13/h2-4H,1H3,(H,14,15). The van der Waals surface area contributed by atoms with Crippen molar-refractivity contribution >= 4 is 33.0 Å². The Bertz CT molecular complexity index is 583. The summed E-state index contributed by atoms with van der Waals surface area (Å²) in [5.41, 5.74) is -0.415. The zero-order valence-electron chi connectivity index (χ0n) is 8.88. The van der Waals surface area contributed by atoms with Gasteiger partial charge in [-0.1, -0.05) is 11.6 Å². The minimum absolute atomic E-state index is 0.194. The predicted octanol–water partition coefficient (Wildman–Crippen LogP) is 2.24. The van der Waals surface area contributed by atoms with Crippen LogP contribution in [-0.2, 0) is 14.6 Å². The van der Waals surface area contributed by atoms with Gasteiger partial charge in [-0.2, -0.15) is 13.2 Å². The number of sulfone groups is 1. The number of alkyl halides is 3. The number of halogens is 4. The fourth-order valence-electron chi connectivity index (χ4n) is 1.02. The van der Waals surface area contributed by atoms with E-state index in [1.54, 1.807) is 0 Å². The molecule has 0 bridgehead atoms. The molecule has 0 aliphatic carbocycles. The highest BCUT2D eigenvalue weighted by Gasteiger charge is 2.39. The maximum Gasteiger partial charge on any atom is 0.471 e. The first-order valence-electron chi connectivity index (χ1n) is 4.39. The van der Waals surface area contributed by atoms with E-state index in [0.717, 1.165) is 24.5 Å². The average Bonchev–Trinajstić information content (AvgIpc) is 2.18. The maximum absolute atomic E-state index is 12.0. The third-order valence-electron chi connectivity index (χ3n) is 1.87. The lowest BCUT2D eigenvalue weighted by Gasteiger charge is -2.10. The van der Waals surface area contributed by atoms with Crippen LogP contribution in [0.15, 0.2) is 23.1 Å². The molecule has 0 aliphatic rings. The molecule has 9 heteroatoms. The summed E-state index contributed by atoms with van der Waals surface area (Å²) in [6, 6.07) is 3.08. The Morgan fingerprint density at radius 2 is 1.89 bits per heavy atom. The molecule has 1 aromatic carbocycles. The van der Waals surface area contributed by atoms with Crippen LogP contribution in [0.25, 0.3) is 0 Å². The van der Waals surface area contributed by atoms with Crippen molar-refractivity contribution < 1.29 is 26.4 Å². The molecule has 1 N–H and O–H groups in total. The Morgan fingerprint density at radius 1 is 1.33 bits per heavy atom. The topological polar surface area (TPSA) is 63.2 Å². The predicted molar refractivity (Wildman–Crippen MR) is 59.2 cm³/mol. The first-order valence-corrected chi connectivity index (χ1v) is 6.66. The summed E-state index contributed by atoms with van der Waals surface area (Å²) in [5, 5.41) is 1.31. The van der Waals surface area contributed by atoms with Crippen LogP contribution >= 0.6 is 11.6 Å². The van der Waals surface area contributed by atoms with Crippen LogP contribution in [0.3, 0.4) is 0 Å². The van der Waals surface area contributed by atoms with Gasteiger partial charge in [-0.3, -0.25) is 4.79 Å². The van der Waals surface area contributed by atoms with Crippen molar-refractivity contribution in [2.75, 3.05) is 11.6 Å². The number of rotatable bonds is 2. The quantitative estimate of drug-likeness (QED) is 0.911. The summed E-state index contributed by atoms with van der Waals surface area (Å²) in [6.07, 6.45) is -4.20. The van der Waals surface area contributed by atoms with Gasteiger partial charge in [0.25, 0.3) is 0 Å². The van der Waals surface area contributed by atoms with Crippen LogP contribution in [-0.4, -0.2) is 26.8 Å². The molecular formula is C9H7ClF3NO3S. The fraction of sp³-hybridized carbons (Fsp3) is 0.222. The van der Waals surface area contributed by atoms with Crippen LogP contribution in [0, 0.1) is 0 Å². The molecule has 0 aromatic heterocycles. The van der Waals surface area contributed by atoms with Crippen molar-refractivity contribution in [1.29, 1.82) is 0 Å². The van der Waals surface area contributed by atoms with Crippen molar-refractivity contribution in [3.05, 3.63) is 23.2 Å². The lowest BCUT2D eigenvalue weighted by Crippen LogP contribution is -2.30. The van der Waals surface area contributed by atoms with E-state index < -0.39 is 27.6 Å². The second kappa shape index (κ2) is 4.77. The van der Waals surface area contributed by atoms with Crippen LogP contribution in [0.1, 0.15) is 0 Å². The van der Waals surface area contributed by atoms with Gasteiger partial charge in [-0.25, -0.2) is 8.42 Å². The molecule has 1 aromatic rings. The summed E-state index contributed by atoms with van der Waals surface area (Å²) >= 11 is 5.56. The largest absolute Gasteiger partial charge is 0.471 e. The van der Waals surface area contributed by atoms with Gasteiger partial charge in [0, 0.05) is 6.26 Å². The number of amides is 1. The molecule has 0 aliphatic heterocycles. The molecule has 0 saturated heterocycles. The Hall–Kier alpha value is -1.28. The zero-order chi connectivity index (χ0) is 14.1. The van der Waals surface area contributed by atoms with Gasteiger partial charge < -0.3 is 5.32 Å². The van der Waals surface area contributed by atoms with E-state index >= 15 is 0 Å². The van der Waals surface area contributed by atoms with Gasteiger partial charge in [-0.05, 0) is 18.2 Å². The first kappa shape index (κ1) is 14.8. The fourth-order valence-corrected chi connectivity index (χ4v) is 1.84. The van der Waals surface area contributed by atoms with Gasteiger partial charge in [0.2, 0.25) is 0 Å². The SMILES string of the molecule is CS(=O)(=O)c1ccc(Cl)c(NC(=O)C(F)(F)F)c1.